The van der Waals surface area contributed by atoms with Crippen molar-refractivity contribution in [1.29, 1.82) is 0 Å². The van der Waals surface area contributed by atoms with E-state index in [9.17, 15) is 4.79 Å². The van der Waals surface area contributed by atoms with E-state index in [2.05, 4.69) is 28.5 Å². The summed E-state index contributed by atoms with van der Waals surface area (Å²) >= 11 is 0. The quantitative estimate of drug-likeness (QED) is 0.343. The zero-order valence-corrected chi connectivity index (χ0v) is 20.5. The van der Waals surface area contributed by atoms with Crippen LogP contribution >= 0.6 is 24.0 Å². The van der Waals surface area contributed by atoms with Crippen molar-refractivity contribution in [1.82, 2.24) is 15.5 Å². The van der Waals surface area contributed by atoms with Gasteiger partial charge in [0, 0.05) is 26.2 Å². The number of likely N-dealkylation sites (tertiary alicyclic amines) is 1. The second-order valence-corrected chi connectivity index (χ2v) is 7.92. The van der Waals surface area contributed by atoms with Crippen LogP contribution in [-0.2, 0) is 11.2 Å². The second kappa shape index (κ2) is 12.1. The molecule has 1 aromatic rings. The molecule has 8 heteroatoms. The van der Waals surface area contributed by atoms with Gasteiger partial charge in [0.15, 0.2) is 5.96 Å². The number of guanidine groups is 1. The standard InChI is InChI=1S/C21H34N4O3.HI/c1-6-22-19(23-12-10-16-8-7-9-18(14-16)27-5)25-13-11-17(15-25)24-20(26)28-21(2,3)4;/h7-9,14,17H,6,10-13,15H2,1-5H3,(H,22,23)(H,24,26);1H. The van der Waals surface area contributed by atoms with Crippen molar-refractivity contribution in [2.45, 2.75) is 52.2 Å². The van der Waals surface area contributed by atoms with Crippen molar-refractivity contribution < 1.29 is 14.3 Å². The summed E-state index contributed by atoms with van der Waals surface area (Å²) in [6.45, 7) is 10.7. The number of aliphatic imine (C=N–C) groups is 1. The van der Waals surface area contributed by atoms with Gasteiger partial charge in [-0.25, -0.2) is 4.79 Å². The van der Waals surface area contributed by atoms with Crippen molar-refractivity contribution in [2.24, 2.45) is 4.99 Å². The van der Waals surface area contributed by atoms with Crippen molar-refractivity contribution in [3.05, 3.63) is 29.8 Å². The van der Waals surface area contributed by atoms with Crippen LogP contribution in [0.4, 0.5) is 4.79 Å². The lowest BCUT2D eigenvalue weighted by Crippen LogP contribution is -2.44. The highest BCUT2D eigenvalue weighted by Gasteiger charge is 2.27. The van der Waals surface area contributed by atoms with Gasteiger partial charge < -0.3 is 25.0 Å². The Bertz CT molecular complexity index is 676. The van der Waals surface area contributed by atoms with E-state index in [1.54, 1.807) is 7.11 Å². The molecule has 29 heavy (non-hydrogen) atoms. The molecule has 0 aromatic heterocycles. The Kier molecular flexibility index (Phi) is 10.6. The highest BCUT2D eigenvalue weighted by Crippen LogP contribution is 2.14. The Morgan fingerprint density at radius 2 is 2.10 bits per heavy atom. The van der Waals surface area contributed by atoms with Crippen LogP contribution in [0.25, 0.3) is 0 Å². The van der Waals surface area contributed by atoms with Crippen LogP contribution in [0, 0.1) is 0 Å². The van der Waals surface area contributed by atoms with Gasteiger partial charge in [0.05, 0.1) is 13.2 Å². The Morgan fingerprint density at radius 1 is 1.34 bits per heavy atom. The summed E-state index contributed by atoms with van der Waals surface area (Å²) in [5.41, 5.74) is 0.712. The second-order valence-electron chi connectivity index (χ2n) is 7.92. The SMILES string of the molecule is CCNC(=NCCc1cccc(OC)c1)N1CCC(NC(=O)OC(C)(C)C)C1.I. The summed E-state index contributed by atoms with van der Waals surface area (Å²) in [7, 11) is 1.68. The molecule has 164 valence electrons. The van der Waals surface area contributed by atoms with Gasteiger partial charge in [-0.15, -0.1) is 24.0 Å². The van der Waals surface area contributed by atoms with Gasteiger partial charge >= 0.3 is 6.09 Å². The molecule has 1 aliphatic rings. The molecule has 0 radical (unpaired) electrons. The van der Waals surface area contributed by atoms with E-state index in [1.807, 2.05) is 39.0 Å². The molecular weight excluding hydrogens is 483 g/mol. The lowest BCUT2D eigenvalue weighted by Gasteiger charge is -2.23. The Labute approximate surface area is 191 Å². The smallest absolute Gasteiger partial charge is 0.407 e. The fourth-order valence-electron chi connectivity index (χ4n) is 3.09. The lowest BCUT2D eigenvalue weighted by molar-refractivity contribution is 0.0507. The Balaban J connectivity index is 0.00000420. The van der Waals surface area contributed by atoms with Crippen LogP contribution in [0.15, 0.2) is 29.3 Å². The van der Waals surface area contributed by atoms with E-state index in [0.717, 1.165) is 44.2 Å². The van der Waals surface area contributed by atoms with Gasteiger partial charge in [-0.1, -0.05) is 12.1 Å². The summed E-state index contributed by atoms with van der Waals surface area (Å²) in [6.07, 6.45) is 1.36. The van der Waals surface area contributed by atoms with Gasteiger partial charge in [0.2, 0.25) is 0 Å². The van der Waals surface area contributed by atoms with E-state index in [-0.39, 0.29) is 36.1 Å². The number of alkyl carbamates (subject to hydrolysis) is 1. The number of hydrogen-bond acceptors (Lipinski definition) is 4. The highest BCUT2D eigenvalue weighted by molar-refractivity contribution is 14.0. The van der Waals surface area contributed by atoms with Crippen molar-refractivity contribution in [2.75, 3.05) is 33.3 Å². The molecule has 1 unspecified atom stereocenters. The summed E-state index contributed by atoms with van der Waals surface area (Å²) in [5.74, 6) is 1.75. The van der Waals surface area contributed by atoms with Crippen LogP contribution in [0.5, 0.6) is 5.75 Å². The van der Waals surface area contributed by atoms with Crippen LogP contribution in [0.2, 0.25) is 0 Å². The van der Waals surface area contributed by atoms with Crippen LogP contribution in [0.1, 0.15) is 39.7 Å². The number of methoxy groups -OCH3 is 1. The average molecular weight is 518 g/mol. The predicted molar refractivity (Wildman–Crippen MR) is 127 cm³/mol. The number of halogens is 1. The number of carbonyl (C=O) groups is 1. The summed E-state index contributed by atoms with van der Waals surface area (Å²) < 4.78 is 10.6. The topological polar surface area (TPSA) is 75.2 Å². The number of nitrogens with zero attached hydrogens (tertiary/aromatic N) is 2. The summed E-state index contributed by atoms with van der Waals surface area (Å²) in [5, 5.41) is 6.31. The van der Waals surface area contributed by atoms with Gasteiger partial charge in [0.25, 0.3) is 0 Å². The fourth-order valence-corrected chi connectivity index (χ4v) is 3.09. The fraction of sp³-hybridized carbons (Fsp3) is 0.619. The molecule has 1 fully saturated rings. The molecule has 0 bridgehead atoms. The Morgan fingerprint density at radius 3 is 2.76 bits per heavy atom. The van der Waals surface area contributed by atoms with Crippen LogP contribution in [-0.4, -0.2) is 61.9 Å². The van der Waals surface area contributed by atoms with E-state index in [1.165, 1.54) is 5.56 Å². The molecule has 1 aliphatic heterocycles. The molecule has 2 rings (SSSR count). The minimum Gasteiger partial charge on any atom is -0.497 e. The number of nitrogens with one attached hydrogen (secondary N) is 2. The molecule has 0 aliphatic carbocycles. The first-order valence-corrected chi connectivity index (χ1v) is 9.96. The molecule has 7 nitrogen and oxygen atoms in total. The number of amides is 1. The molecule has 1 heterocycles. The van der Waals surface area contributed by atoms with E-state index < -0.39 is 5.60 Å². The van der Waals surface area contributed by atoms with Crippen molar-refractivity contribution in [3.63, 3.8) is 0 Å². The molecule has 0 saturated carbocycles. The normalized spacial score (nSPS) is 16.8. The summed E-state index contributed by atoms with van der Waals surface area (Å²) in [4.78, 5) is 18.9. The zero-order chi connectivity index (χ0) is 20.6. The molecule has 1 aromatic carbocycles. The predicted octanol–water partition coefficient (Wildman–Crippen LogP) is 3.42. The maximum atomic E-state index is 12.0. The Hall–Kier alpha value is -1.71. The molecule has 0 spiro atoms. The van der Waals surface area contributed by atoms with Gasteiger partial charge in [-0.2, -0.15) is 0 Å². The highest BCUT2D eigenvalue weighted by atomic mass is 127. The van der Waals surface area contributed by atoms with E-state index >= 15 is 0 Å². The molecular formula is C21H35IN4O3. The third kappa shape index (κ3) is 9.10. The third-order valence-electron chi connectivity index (χ3n) is 4.34. The largest absolute Gasteiger partial charge is 0.497 e. The first-order chi connectivity index (χ1) is 13.3. The lowest BCUT2D eigenvalue weighted by atomic mass is 10.1. The monoisotopic (exact) mass is 518 g/mol. The minimum absolute atomic E-state index is 0. The van der Waals surface area contributed by atoms with E-state index in [0.29, 0.717) is 6.54 Å². The third-order valence-corrected chi connectivity index (χ3v) is 4.34. The molecule has 1 amide bonds. The molecule has 2 N–H and O–H groups in total. The number of rotatable bonds is 6. The number of benzene rings is 1. The maximum absolute atomic E-state index is 12.0. The van der Waals surface area contributed by atoms with Gasteiger partial charge in [-0.05, 0) is 58.2 Å². The number of hydrogen-bond donors (Lipinski definition) is 2. The maximum Gasteiger partial charge on any atom is 0.407 e. The van der Waals surface area contributed by atoms with Crippen molar-refractivity contribution in [3.8, 4) is 5.75 Å². The summed E-state index contributed by atoms with van der Waals surface area (Å²) in [6, 6.07) is 8.13. The molecule has 1 saturated heterocycles. The molecule has 1 atom stereocenters. The van der Waals surface area contributed by atoms with Gasteiger partial charge in [-0.3, -0.25) is 4.99 Å². The zero-order valence-electron chi connectivity index (χ0n) is 18.2. The van der Waals surface area contributed by atoms with Gasteiger partial charge in [0.1, 0.15) is 11.4 Å². The average Bonchev–Trinajstić information content (AvgIpc) is 3.07. The number of carbonyl (C=O) groups excluding carboxylic acids is 1. The first-order valence-electron chi connectivity index (χ1n) is 9.96. The minimum atomic E-state index is -0.487. The van der Waals surface area contributed by atoms with Crippen LogP contribution in [0.3, 0.4) is 0 Å². The van der Waals surface area contributed by atoms with E-state index in [4.69, 9.17) is 14.5 Å². The number of ether oxygens (including phenoxy) is 2. The van der Waals surface area contributed by atoms with Crippen molar-refractivity contribution >= 4 is 36.0 Å². The first kappa shape index (κ1) is 25.3. The van der Waals surface area contributed by atoms with Crippen LogP contribution < -0.4 is 15.4 Å².